The lowest BCUT2D eigenvalue weighted by Gasteiger charge is -1.99. The molecular formula is C10H13ClN2O. The van der Waals surface area contributed by atoms with Crippen molar-refractivity contribution in [2.24, 2.45) is 7.05 Å². The Kier molecular flexibility index (Phi) is 3.11. The number of nitrogens with zero attached hydrogens (tertiary/aromatic N) is 2. The topological polar surface area (TPSA) is 34.9 Å². The van der Waals surface area contributed by atoms with Crippen LogP contribution in [0.1, 0.15) is 18.2 Å². The van der Waals surface area contributed by atoms with Gasteiger partial charge in [0.2, 0.25) is 0 Å². The summed E-state index contributed by atoms with van der Waals surface area (Å²) in [5.74, 6) is 0.00278. The van der Waals surface area contributed by atoms with Crippen molar-refractivity contribution in [2.75, 3.05) is 0 Å². The highest BCUT2D eigenvalue weighted by atomic mass is 35.5. The van der Waals surface area contributed by atoms with Gasteiger partial charge in [0.1, 0.15) is 5.15 Å². The van der Waals surface area contributed by atoms with Gasteiger partial charge < -0.3 is 0 Å². The normalized spacial score (nSPS) is 10.3. The van der Waals surface area contributed by atoms with Crippen molar-refractivity contribution in [1.82, 2.24) is 9.78 Å². The number of carbonyl (C=O) groups is 1. The van der Waals surface area contributed by atoms with Gasteiger partial charge >= 0.3 is 0 Å². The first kappa shape index (κ1) is 11.0. The number of halogens is 1. The highest BCUT2D eigenvalue weighted by Crippen LogP contribution is 2.19. The fraction of sp³-hybridized carbons (Fsp3) is 0.400. The van der Waals surface area contributed by atoms with Crippen molar-refractivity contribution in [3.8, 4) is 0 Å². The molecule has 0 radical (unpaired) electrons. The van der Waals surface area contributed by atoms with Gasteiger partial charge in [0.15, 0.2) is 5.78 Å². The zero-order valence-electron chi connectivity index (χ0n) is 8.59. The number of aromatic nitrogens is 2. The molecule has 4 heteroatoms. The van der Waals surface area contributed by atoms with Gasteiger partial charge in [0, 0.05) is 19.0 Å². The zero-order valence-corrected chi connectivity index (χ0v) is 9.35. The molecule has 0 aromatic carbocycles. The summed E-state index contributed by atoms with van der Waals surface area (Å²) in [6.45, 7) is 7.13. The molecule has 0 aliphatic carbocycles. The molecule has 3 nitrogen and oxygen atoms in total. The predicted octanol–water partition coefficient (Wildman–Crippen LogP) is 2.07. The monoisotopic (exact) mass is 212 g/mol. The van der Waals surface area contributed by atoms with Gasteiger partial charge in [-0.05, 0) is 19.4 Å². The Bertz CT molecular complexity index is 393. The molecule has 0 amide bonds. The largest absolute Gasteiger partial charge is 0.294 e. The van der Waals surface area contributed by atoms with Gasteiger partial charge in [-0.3, -0.25) is 9.48 Å². The number of aryl methyl sites for hydroxylation is 2. The minimum atomic E-state index is 0.00278. The van der Waals surface area contributed by atoms with Crippen LogP contribution in [0.2, 0.25) is 5.15 Å². The average Bonchev–Trinajstić information content (AvgIpc) is 2.32. The minimum Gasteiger partial charge on any atom is -0.294 e. The third kappa shape index (κ3) is 2.04. The number of carbonyl (C=O) groups excluding carboxylic acids is 1. The number of hydrogen-bond donors (Lipinski definition) is 0. The van der Waals surface area contributed by atoms with E-state index in [-0.39, 0.29) is 12.2 Å². The number of hydrogen-bond acceptors (Lipinski definition) is 2. The van der Waals surface area contributed by atoms with E-state index < -0.39 is 0 Å². The summed E-state index contributed by atoms with van der Waals surface area (Å²) in [7, 11) is 1.75. The second-order valence-corrected chi connectivity index (χ2v) is 3.72. The summed E-state index contributed by atoms with van der Waals surface area (Å²) in [5.41, 5.74) is 2.14. The smallest absolute Gasteiger partial charge is 0.162 e. The van der Waals surface area contributed by atoms with E-state index in [9.17, 15) is 4.79 Å². The van der Waals surface area contributed by atoms with E-state index in [4.69, 9.17) is 11.6 Å². The maximum atomic E-state index is 11.4. The van der Waals surface area contributed by atoms with Crippen molar-refractivity contribution in [2.45, 2.75) is 20.3 Å². The summed E-state index contributed by atoms with van der Waals surface area (Å²) >= 11 is 5.98. The second-order valence-electron chi connectivity index (χ2n) is 3.36. The van der Waals surface area contributed by atoms with Crippen LogP contribution in [-0.4, -0.2) is 15.6 Å². The molecule has 1 aromatic heterocycles. The highest BCUT2D eigenvalue weighted by molar-refractivity contribution is 6.30. The quantitative estimate of drug-likeness (QED) is 0.719. The lowest BCUT2D eigenvalue weighted by Crippen LogP contribution is -2.04. The van der Waals surface area contributed by atoms with Gasteiger partial charge in [-0.25, -0.2) is 0 Å². The molecule has 14 heavy (non-hydrogen) atoms. The zero-order chi connectivity index (χ0) is 10.9. The molecule has 0 unspecified atom stereocenters. The molecule has 76 valence electrons. The predicted molar refractivity (Wildman–Crippen MR) is 56.5 cm³/mol. The minimum absolute atomic E-state index is 0.00278. The van der Waals surface area contributed by atoms with E-state index in [1.54, 1.807) is 18.7 Å². The van der Waals surface area contributed by atoms with Crippen LogP contribution >= 0.6 is 11.6 Å². The first-order valence-corrected chi connectivity index (χ1v) is 4.68. The van der Waals surface area contributed by atoms with Gasteiger partial charge in [-0.1, -0.05) is 18.2 Å². The second kappa shape index (κ2) is 3.96. The van der Waals surface area contributed by atoms with Gasteiger partial charge in [0.25, 0.3) is 0 Å². The maximum Gasteiger partial charge on any atom is 0.162 e. The average molecular weight is 213 g/mol. The molecule has 0 spiro atoms. The molecule has 0 bridgehead atoms. The van der Waals surface area contributed by atoms with E-state index in [0.717, 1.165) is 11.3 Å². The van der Waals surface area contributed by atoms with Gasteiger partial charge in [0.05, 0.1) is 5.69 Å². The Labute approximate surface area is 88.4 Å². The number of Topliss-reactive ketones (excluding diaryl/α,β-unsaturated/α-hetero) is 1. The summed E-state index contributed by atoms with van der Waals surface area (Å²) in [6, 6.07) is 0. The molecule has 1 rings (SSSR count). The molecule has 1 aromatic rings. The standard InChI is InChI=1S/C10H13ClN2O/c1-6(2)9(14)5-8-7(3)12-13(4)10(8)11/h1,5H2,2-4H3. The van der Waals surface area contributed by atoms with Crippen molar-refractivity contribution in [1.29, 1.82) is 0 Å². The molecular weight excluding hydrogens is 200 g/mol. The van der Waals surface area contributed by atoms with E-state index in [1.807, 2.05) is 6.92 Å². The number of rotatable bonds is 3. The third-order valence-corrected chi connectivity index (χ3v) is 2.56. The van der Waals surface area contributed by atoms with Crippen molar-refractivity contribution in [3.05, 3.63) is 28.6 Å². The first-order valence-electron chi connectivity index (χ1n) is 4.30. The Morgan fingerprint density at radius 2 is 2.21 bits per heavy atom. The van der Waals surface area contributed by atoms with Crippen LogP contribution in [0.25, 0.3) is 0 Å². The van der Waals surface area contributed by atoms with Crippen LogP contribution < -0.4 is 0 Å². The number of ketones is 1. The van der Waals surface area contributed by atoms with Crippen LogP contribution in [-0.2, 0) is 18.3 Å². The summed E-state index contributed by atoms with van der Waals surface area (Å²) in [5, 5.41) is 4.65. The number of allylic oxidation sites excluding steroid dienone is 1. The Morgan fingerprint density at radius 1 is 1.64 bits per heavy atom. The molecule has 0 aliphatic rings. The van der Waals surface area contributed by atoms with E-state index in [0.29, 0.717) is 10.7 Å². The van der Waals surface area contributed by atoms with Crippen LogP contribution in [0.15, 0.2) is 12.2 Å². The molecule has 0 fully saturated rings. The molecule has 1 heterocycles. The fourth-order valence-electron chi connectivity index (χ4n) is 1.19. The van der Waals surface area contributed by atoms with Crippen LogP contribution in [0.3, 0.4) is 0 Å². The van der Waals surface area contributed by atoms with E-state index in [2.05, 4.69) is 11.7 Å². The molecule has 0 atom stereocenters. The third-order valence-electron chi connectivity index (χ3n) is 2.08. The first-order chi connectivity index (χ1) is 6.43. The SMILES string of the molecule is C=C(C)C(=O)Cc1c(C)nn(C)c1Cl. The van der Waals surface area contributed by atoms with E-state index >= 15 is 0 Å². The molecule has 0 aliphatic heterocycles. The van der Waals surface area contributed by atoms with Crippen molar-refractivity contribution in [3.63, 3.8) is 0 Å². The Hall–Kier alpha value is -1.09. The molecule has 0 saturated heterocycles. The van der Waals surface area contributed by atoms with Gasteiger partial charge in [-0.15, -0.1) is 0 Å². The van der Waals surface area contributed by atoms with Gasteiger partial charge in [-0.2, -0.15) is 5.10 Å². The summed E-state index contributed by atoms with van der Waals surface area (Å²) in [6.07, 6.45) is 0.286. The lowest BCUT2D eigenvalue weighted by atomic mass is 10.1. The van der Waals surface area contributed by atoms with E-state index in [1.165, 1.54) is 0 Å². The van der Waals surface area contributed by atoms with Crippen molar-refractivity contribution >= 4 is 17.4 Å². The molecule has 0 saturated carbocycles. The van der Waals surface area contributed by atoms with Crippen LogP contribution in [0.4, 0.5) is 0 Å². The Morgan fingerprint density at radius 3 is 2.57 bits per heavy atom. The van der Waals surface area contributed by atoms with Crippen molar-refractivity contribution < 1.29 is 4.79 Å². The van der Waals surface area contributed by atoms with Crippen LogP contribution in [0, 0.1) is 6.92 Å². The Balaban J connectivity index is 2.97. The maximum absolute atomic E-state index is 11.4. The van der Waals surface area contributed by atoms with Crippen LogP contribution in [0.5, 0.6) is 0 Å². The lowest BCUT2D eigenvalue weighted by molar-refractivity contribution is -0.114. The fourth-order valence-corrected chi connectivity index (χ4v) is 1.43. The molecule has 0 N–H and O–H groups in total. The summed E-state index contributed by atoms with van der Waals surface area (Å²) in [4.78, 5) is 11.4. The summed E-state index contributed by atoms with van der Waals surface area (Å²) < 4.78 is 1.57. The highest BCUT2D eigenvalue weighted by Gasteiger charge is 2.14.